The Morgan fingerprint density at radius 1 is 1.17 bits per heavy atom. The van der Waals surface area contributed by atoms with Crippen LogP contribution in [0.4, 0.5) is 0 Å². The Balaban J connectivity index is 2.31. The summed E-state index contributed by atoms with van der Waals surface area (Å²) in [7, 11) is 3.41. The first kappa shape index (κ1) is 20.1. The molecule has 6 nitrogen and oxygen atoms in total. The van der Waals surface area contributed by atoms with Gasteiger partial charge in [-0.2, -0.15) is 0 Å². The second kappa shape index (κ2) is 10.0. The first-order valence-electron chi connectivity index (χ1n) is 8.34. The summed E-state index contributed by atoms with van der Waals surface area (Å²) in [4.78, 5) is 4.22. The summed E-state index contributed by atoms with van der Waals surface area (Å²) in [6, 6.07) is 7.61. The van der Waals surface area contributed by atoms with Gasteiger partial charge >= 0.3 is 0 Å². The van der Waals surface area contributed by atoms with Gasteiger partial charge in [-0.15, -0.1) is 0 Å². The molecule has 0 spiro atoms. The van der Waals surface area contributed by atoms with Crippen LogP contribution in [0, 0.1) is 0 Å². The van der Waals surface area contributed by atoms with Crippen molar-refractivity contribution < 1.29 is 9.47 Å². The summed E-state index contributed by atoms with van der Waals surface area (Å²) in [5.74, 6) is 2.35. The van der Waals surface area contributed by atoms with Crippen LogP contribution in [0.3, 0.4) is 0 Å². The van der Waals surface area contributed by atoms with Crippen molar-refractivity contribution in [3.05, 3.63) is 24.3 Å². The van der Waals surface area contributed by atoms with Gasteiger partial charge in [0.1, 0.15) is 17.6 Å². The van der Waals surface area contributed by atoms with Crippen LogP contribution < -0.4 is 25.4 Å². The van der Waals surface area contributed by atoms with Crippen molar-refractivity contribution in [3.63, 3.8) is 0 Å². The maximum Gasteiger partial charge on any atom is 0.191 e. The molecule has 1 aromatic rings. The van der Waals surface area contributed by atoms with Gasteiger partial charge in [0.05, 0.1) is 13.7 Å². The van der Waals surface area contributed by atoms with E-state index >= 15 is 0 Å². The molecule has 3 N–H and O–H groups in total. The van der Waals surface area contributed by atoms with E-state index in [0.29, 0.717) is 6.54 Å². The molecule has 6 heteroatoms. The molecule has 1 unspecified atom stereocenters. The molecule has 24 heavy (non-hydrogen) atoms. The van der Waals surface area contributed by atoms with Gasteiger partial charge in [-0.3, -0.25) is 4.99 Å². The van der Waals surface area contributed by atoms with Crippen LogP contribution in [-0.4, -0.2) is 51.4 Å². The van der Waals surface area contributed by atoms with Crippen molar-refractivity contribution in [2.75, 3.05) is 33.8 Å². The molecule has 1 atom stereocenters. The summed E-state index contributed by atoms with van der Waals surface area (Å²) in [5.41, 5.74) is 0.123. The molecule has 0 aliphatic rings. The number of rotatable bonds is 8. The number of hydrogen-bond acceptors (Lipinski definition) is 4. The average molecular weight is 336 g/mol. The number of nitrogens with zero attached hydrogens (tertiary/aromatic N) is 1. The Morgan fingerprint density at radius 2 is 1.88 bits per heavy atom. The van der Waals surface area contributed by atoms with Gasteiger partial charge in [0.25, 0.3) is 0 Å². The highest BCUT2D eigenvalue weighted by Gasteiger charge is 2.09. The first-order valence-corrected chi connectivity index (χ1v) is 8.34. The molecule has 0 aliphatic carbocycles. The van der Waals surface area contributed by atoms with Crippen LogP contribution in [0.15, 0.2) is 29.3 Å². The standard InChI is InChI=1S/C18H32N4O2/c1-14(24-16-9-7-8-15(12-16)23-6)13-21-17(19-5)20-10-11-22-18(2,3)4/h7-9,12,14,22H,10-11,13H2,1-6H3,(H2,19,20,21). The van der Waals surface area contributed by atoms with Crippen molar-refractivity contribution in [2.45, 2.75) is 39.3 Å². The molecule has 1 rings (SSSR count). The fourth-order valence-electron chi connectivity index (χ4n) is 2.03. The van der Waals surface area contributed by atoms with E-state index in [1.165, 1.54) is 0 Å². The second-order valence-electron chi connectivity index (χ2n) is 6.66. The highest BCUT2D eigenvalue weighted by atomic mass is 16.5. The van der Waals surface area contributed by atoms with Crippen LogP contribution in [0.5, 0.6) is 11.5 Å². The lowest BCUT2D eigenvalue weighted by Gasteiger charge is -2.21. The molecule has 0 radical (unpaired) electrons. The van der Waals surface area contributed by atoms with Crippen LogP contribution in [0.1, 0.15) is 27.7 Å². The van der Waals surface area contributed by atoms with Crippen LogP contribution >= 0.6 is 0 Å². The van der Waals surface area contributed by atoms with Crippen LogP contribution in [-0.2, 0) is 0 Å². The molecule has 1 aromatic carbocycles. The van der Waals surface area contributed by atoms with Gasteiger partial charge < -0.3 is 25.4 Å². The van der Waals surface area contributed by atoms with E-state index in [1.807, 2.05) is 31.2 Å². The van der Waals surface area contributed by atoms with E-state index in [0.717, 1.165) is 30.5 Å². The van der Waals surface area contributed by atoms with E-state index in [9.17, 15) is 0 Å². The summed E-state index contributed by atoms with van der Waals surface area (Å²) < 4.78 is 11.1. The Morgan fingerprint density at radius 3 is 2.50 bits per heavy atom. The van der Waals surface area contributed by atoms with E-state index < -0.39 is 0 Å². The molecule has 0 fully saturated rings. The van der Waals surface area contributed by atoms with Gasteiger partial charge in [-0.25, -0.2) is 0 Å². The van der Waals surface area contributed by atoms with Gasteiger partial charge in [0, 0.05) is 31.7 Å². The number of guanidine groups is 1. The van der Waals surface area contributed by atoms with Crippen molar-refractivity contribution in [1.82, 2.24) is 16.0 Å². The first-order chi connectivity index (χ1) is 11.3. The number of nitrogens with one attached hydrogen (secondary N) is 3. The molecule has 136 valence electrons. The summed E-state index contributed by atoms with van der Waals surface area (Å²) in [5, 5.41) is 9.98. The van der Waals surface area contributed by atoms with Crippen molar-refractivity contribution in [3.8, 4) is 11.5 Å². The fraction of sp³-hybridized carbons (Fsp3) is 0.611. The summed E-state index contributed by atoms with van der Waals surface area (Å²) >= 11 is 0. The van der Waals surface area contributed by atoms with Crippen LogP contribution in [0.2, 0.25) is 0 Å². The predicted octanol–water partition coefficient (Wildman–Crippen LogP) is 2.02. The molecule has 0 bridgehead atoms. The fourth-order valence-corrected chi connectivity index (χ4v) is 2.03. The zero-order chi connectivity index (χ0) is 18.0. The average Bonchev–Trinajstić information content (AvgIpc) is 2.53. The third kappa shape index (κ3) is 8.62. The SMILES string of the molecule is CN=C(NCCNC(C)(C)C)NCC(C)Oc1cccc(OC)c1. The highest BCUT2D eigenvalue weighted by Crippen LogP contribution is 2.19. The Labute approximate surface area is 146 Å². The van der Waals surface area contributed by atoms with Gasteiger partial charge in [0.15, 0.2) is 5.96 Å². The zero-order valence-corrected chi connectivity index (χ0v) is 15.8. The summed E-state index contributed by atoms with van der Waals surface area (Å²) in [6.07, 6.45) is 0.00311. The van der Waals surface area contributed by atoms with Crippen molar-refractivity contribution in [1.29, 1.82) is 0 Å². The smallest absolute Gasteiger partial charge is 0.191 e. The second-order valence-corrected chi connectivity index (χ2v) is 6.66. The Hall–Kier alpha value is -1.95. The Kier molecular flexibility index (Phi) is 8.40. The third-order valence-electron chi connectivity index (χ3n) is 3.23. The maximum atomic E-state index is 5.88. The molecular formula is C18H32N4O2. The lowest BCUT2D eigenvalue weighted by Crippen LogP contribution is -2.46. The molecule has 0 heterocycles. The zero-order valence-electron chi connectivity index (χ0n) is 15.8. The van der Waals surface area contributed by atoms with Crippen molar-refractivity contribution in [2.24, 2.45) is 4.99 Å². The van der Waals surface area contributed by atoms with Crippen LogP contribution in [0.25, 0.3) is 0 Å². The maximum absolute atomic E-state index is 5.88. The Bertz CT molecular complexity index is 512. The highest BCUT2D eigenvalue weighted by molar-refractivity contribution is 5.79. The van der Waals surface area contributed by atoms with Gasteiger partial charge in [0.2, 0.25) is 0 Å². The topological polar surface area (TPSA) is 66.9 Å². The lowest BCUT2D eigenvalue weighted by atomic mass is 10.1. The number of aliphatic imine (C=N–C) groups is 1. The van der Waals surface area contributed by atoms with E-state index in [2.05, 4.69) is 41.7 Å². The molecule has 0 saturated carbocycles. The number of ether oxygens (including phenoxy) is 2. The molecule has 0 amide bonds. The quantitative estimate of drug-likeness (QED) is 0.385. The molecule has 0 aromatic heterocycles. The minimum atomic E-state index is 0.00311. The monoisotopic (exact) mass is 336 g/mol. The lowest BCUT2D eigenvalue weighted by molar-refractivity contribution is 0.223. The molecule has 0 saturated heterocycles. The van der Waals surface area contributed by atoms with Crippen molar-refractivity contribution >= 4 is 5.96 Å². The minimum Gasteiger partial charge on any atom is -0.497 e. The minimum absolute atomic E-state index is 0.00311. The molecule has 0 aliphatic heterocycles. The predicted molar refractivity (Wildman–Crippen MR) is 100 cm³/mol. The van der Waals surface area contributed by atoms with E-state index in [-0.39, 0.29) is 11.6 Å². The van der Waals surface area contributed by atoms with Gasteiger partial charge in [-0.05, 0) is 39.8 Å². The van der Waals surface area contributed by atoms with Gasteiger partial charge in [-0.1, -0.05) is 6.07 Å². The molecular weight excluding hydrogens is 304 g/mol. The largest absolute Gasteiger partial charge is 0.497 e. The third-order valence-corrected chi connectivity index (χ3v) is 3.23. The number of benzene rings is 1. The number of methoxy groups -OCH3 is 1. The normalized spacial score (nSPS) is 13.3. The number of hydrogen-bond donors (Lipinski definition) is 3. The summed E-state index contributed by atoms with van der Waals surface area (Å²) in [6.45, 7) is 10.8. The van der Waals surface area contributed by atoms with E-state index in [1.54, 1.807) is 14.2 Å². The van der Waals surface area contributed by atoms with E-state index in [4.69, 9.17) is 9.47 Å².